The lowest BCUT2D eigenvalue weighted by atomic mass is 10.1. The van der Waals surface area contributed by atoms with Crippen molar-refractivity contribution in [3.63, 3.8) is 0 Å². The van der Waals surface area contributed by atoms with Crippen LogP contribution in [0.1, 0.15) is 0 Å². The third-order valence-electron chi connectivity index (χ3n) is 4.54. The number of hydrogen-bond acceptors (Lipinski definition) is 9. The molecule has 0 bridgehead atoms. The number of sulfonamides is 1. The van der Waals surface area contributed by atoms with E-state index in [2.05, 4.69) is 27.8 Å². The molecule has 0 atom stereocenters. The summed E-state index contributed by atoms with van der Waals surface area (Å²) in [5.41, 5.74) is 8.86. The van der Waals surface area contributed by atoms with Crippen molar-refractivity contribution in [1.82, 2.24) is 9.97 Å². The number of anilines is 3. The van der Waals surface area contributed by atoms with Gasteiger partial charge in [-0.2, -0.15) is 0 Å². The topological polar surface area (TPSA) is 124 Å². The van der Waals surface area contributed by atoms with Crippen molar-refractivity contribution in [1.29, 1.82) is 0 Å². The summed E-state index contributed by atoms with van der Waals surface area (Å²) >= 11 is 4.61. The second-order valence-corrected chi connectivity index (χ2v) is 10.9. The molecule has 5 aromatic rings. The zero-order chi connectivity index (χ0) is 21.6. The molecule has 5 N–H and O–H groups in total. The monoisotopic (exact) mass is 485 g/mol. The van der Waals surface area contributed by atoms with E-state index in [9.17, 15) is 8.42 Å². The number of fused-ring (bicyclic) bond motifs is 1. The van der Waals surface area contributed by atoms with E-state index in [0.717, 1.165) is 21.1 Å². The molecule has 0 aliphatic rings. The quantitative estimate of drug-likeness (QED) is 0.317. The smallest absolute Gasteiger partial charge is 0.238 e. The van der Waals surface area contributed by atoms with E-state index in [1.807, 2.05) is 17.5 Å². The minimum absolute atomic E-state index is 0.0497. The Bertz CT molecular complexity index is 1500. The highest BCUT2D eigenvalue weighted by Crippen LogP contribution is 2.41. The number of hydrogen-bond donors (Lipinski definition) is 3. The molecule has 0 radical (unpaired) electrons. The molecule has 0 saturated heterocycles. The van der Waals surface area contributed by atoms with Gasteiger partial charge in [0, 0.05) is 32.1 Å². The Labute approximate surface area is 190 Å². The summed E-state index contributed by atoms with van der Waals surface area (Å²) in [5.74, 6) is 0.393. The number of nitrogens with zero attached hydrogens (tertiary/aromatic N) is 2. The van der Waals surface area contributed by atoms with Gasteiger partial charge >= 0.3 is 0 Å². The summed E-state index contributed by atoms with van der Waals surface area (Å²) in [6, 6.07) is 14.4. The van der Waals surface area contributed by atoms with Crippen LogP contribution in [0.5, 0.6) is 0 Å². The fourth-order valence-corrected chi connectivity index (χ4v) is 6.36. The van der Waals surface area contributed by atoms with Crippen molar-refractivity contribution < 1.29 is 8.42 Å². The van der Waals surface area contributed by atoms with Crippen LogP contribution < -0.4 is 16.2 Å². The molecule has 2 aromatic carbocycles. The number of nitrogen functional groups attached to an aromatic ring is 1. The standard InChI is InChI=1S/C20H15N5O2S4/c21-18-17(30-20(25-18)23-11-5-7-12(8-6-11)31(22,26)27)19-24-15(10-29-19)14-9-28-16-4-2-1-3-13(14)16/h1-10H,21H2,(H,23,25)(H2,22,26,27). The molecule has 0 fully saturated rings. The van der Waals surface area contributed by atoms with Crippen LogP contribution in [-0.4, -0.2) is 18.4 Å². The van der Waals surface area contributed by atoms with Crippen LogP contribution >= 0.6 is 34.0 Å². The first-order chi connectivity index (χ1) is 14.9. The molecule has 0 spiro atoms. The molecule has 11 heteroatoms. The van der Waals surface area contributed by atoms with Gasteiger partial charge in [-0.05, 0) is 30.3 Å². The number of nitrogens with two attached hydrogens (primary N) is 2. The molecular formula is C20H15N5O2S4. The van der Waals surface area contributed by atoms with Crippen LogP contribution in [0.15, 0.2) is 64.2 Å². The second kappa shape index (κ2) is 7.70. The maximum absolute atomic E-state index is 11.4. The second-order valence-electron chi connectivity index (χ2n) is 6.61. The maximum Gasteiger partial charge on any atom is 0.238 e. The van der Waals surface area contributed by atoms with Gasteiger partial charge in [0.2, 0.25) is 10.0 Å². The molecule has 31 heavy (non-hydrogen) atoms. The molecule has 3 aromatic heterocycles. The summed E-state index contributed by atoms with van der Waals surface area (Å²) < 4.78 is 24.0. The van der Waals surface area contributed by atoms with Crippen LogP contribution in [-0.2, 0) is 10.0 Å². The van der Waals surface area contributed by atoms with E-state index in [-0.39, 0.29) is 4.90 Å². The molecule has 5 rings (SSSR count). The third-order valence-corrected chi connectivity index (χ3v) is 8.42. The Hall–Kier alpha value is -2.83. The van der Waals surface area contributed by atoms with Crippen molar-refractivity contribution in [2.75, 3.05) is 11.1 Å². The Morgan fingerprint density at radius 1 is 0.935 bits per heavy atom. The number of primary sulfonamides is 1. The van der Waals surface area contributed by atoms with Gasteiger partial charge in [-0.25, -0.2) is 23.5 Å². The molecule has 3 heterocycles. The van der Waals surface area contributed by atoms with Crippen molar-refractivity contribution in [3.8, 4) is 21.1 Å². The Morgan fingerprint density at radius 3 is 2.48 bits per heavy atom. The molecule has 156 valence electrons. The lowest BCUT2D eigenvalue weighted by molar-refractivity contribution is 0.598. The first-order valence-corrected chi connectivity index (χ1v) is 13.1. The lowest BCUT2D eigenvalue weighted by Crippen LogP contribution is -2.11. The SMILES string of the molecule is Nc1nc(Nc2ccc(S(N)(=O)=O)cc2)sc1-c1nc(-c2csc3ccccc23)cs1. The van der Waals surface area contributed by atoms with Crippen LogP contribution in [0, 0.1) is 0 Å². The zero-order valence-electron chi connectivity index (χ0n) is 15.8. The fraction of sp³-hybridized carbons (Fsp3) is 0. The van der Waals surface area contributed by atoms with Crippen LogP contribution in [0.25, 0.3) is 31.2 Å². The van der Waals surface area contributed by atoms with E-state index in [0.29, 0.717) is 16.6 Å². The molecule has 7 nitrogen and oxygen atoms in total. The number of nitrogens with one attached hydrogen (secondary N) is 1. The summed E-state index contributed by atoms with van der Waals surface area (Å²) in [6.07, 6.45) is 0. The van der Waals surface area contributed by atoms with Crippen LogP contribution in [0.3, 0.4) is 0 Å². The molecule has 0 amide bonds. The van der Waals surface area contributed by atoms with Crippen molar-refractivity contribution >= 4 is 70.8 Å². The van der Waals surface area contributed by atoms with Crippen LogP contribution in [0.2, 0.25) is 0 Å². The van der Waals surface area contributed by atoms with Gasteiger partial charge in [0.15, 0.2) is 5.13 Å². The molecule has 0 aliphatic carbocycles. The molecule has 0 unspecified atom stereocenters. The van der Waals surface area contributed by atoms with Crippen molar-refractivity contribution in [3.05, 3.63) is 59.3 Å². The van der Waals surface area contributed by atoms with Crippen molar-refractivity contribution in [2.24, 2.45) is 5.14 Å². The van der Waals surface area contributed by atoms with Gasteiger partial charge in [-0.15, -0.1) is 22.7 Å². The average Bonchev–Trinajstić information content (AvgIpc) is 3.45. The lowest BCUT2D eigenvalue weighted by Gasteiger charge is -2.03. The number of aromatic nitrogens is 2. The van der Waals surface area contributed by atoms with Gasteiger partial charge < -0.3 is 11.1 Å². The number of thiazole rings is 2. The molecule has 0 aliphatic heterocycles. The largest absolute Gasteiger partial charge is 0.382 e. The minimum Gasteiger partial charge on any atom is -0.382 e. The van der Waals surface area contributed by atoms with E-state index < -0.39 is 10.0 Å². The van der Waals surface area contributed by atoms with Gasteiger partial charge in [0.1, 0.15) is 15.7 Å². The summed E-state index contributed by atoms with van der Waals surface area (Å²) in [5, 5.41) is 15.0. The third kappa shape index (κ3) is 3.93. The number of thiophene rings is 1. The van der Waals surface area contributed by atoms with Crippen LogP contribution in [0.4, 0.5) is 16.6 Å². The molecule has 0 saturated carbocycles. The summed E-state index contributed by atoms with van der Waals surface area (Å²) in [7, 11) is -3.73. The zero-order valence-corrected chi connectivity index (χ0v) is 19.0. The minimum atomic E-state index is -3.73. The number of benzene rings is 2. The Morgan fingerprint density at radius 2 is 1.71 bits per heavy atom. The predicted molar refractivity (Wildman–Crippen MR) is 130 cm³/mol. The fourth-order valence-electron chi connectivity index (χ4n) is 3.07. The van der Waals surface area contributed by atoms with E-state index >= 15 is 0 Å². The summed E-state index contributed by atoms with van der Waals surface area (Å²) in [6.45, 7) is 0. The van der Waals surface area contributed by atoms with Crippen molar-refractivity contribution in [2.45, 2.75) is 4.90 Å². The van der Waals surface area contributed by atoms with Gasteiger partial charge in [0.25, 0.3) is 0 Å². The highest BCUT2D eigenvalue weighted by atomic mass is 32.2. The first-order valence-electron chi connectivity index (χ1n) is 8.97. The highest BCUT2D eigenvalue weighted by Gasteiger charge is 2.17. The predicted octanol–water partition coefficient (Wildman–Crippen LogP) is 5.12. The highest BCUT2D eigenvalue weighted by molar-refractivity contribution is 7.89. The Kier molecular flexibility index (Phi) is 4.99. The first kappa shape index (κ1) is 20.1. The summed E-state index contributed by atoms with van der Waals surface area (Å²) in [4.78, 5) is 10.0. The average molecular weight is 486 g/mol. The maximum atomic E-state index is 11.4. The van der Waals surface area contributed by atoms with Gasteiger partial charge in [-0.1, -0.05) is 29.5 Å². The van der Waals surface area contributed by atoms with Gasteiger partial charge in [-0.3, -0.25) is 0 Å². The molecular weight excluding hydrogens is 471 g/mol. The van der Waals surface area contributed by atoms with Gasteiger partial charge in [0.05, 0.1) is 10.6 Å². The van der Waals surface area contributed by atoms with E-state index in [1.54, 1.807) is 23.5 Å². The number of rotatable bonds is 5. The van der Waals surface area contributed by atoms with E-state index in [4.69, 9.17) is 15.9 Å². The normalized spacial score (nSPS) is 11.8. The Balaban J connectivity index is 1.41. The van der Waals surface area contributed by atoms with E-state index in [1.165, 1.54) is 44.9 Å².